The highest BCUT2D eigenvalue weighted by molar-refractivity contribution is 6.08. The Balaban J connectivity index is 2.06. The van der Waals surface area contributed by atoms with Crippen molar-refractivity contribution in [2.45, 2.75) is 46.1 Å². The maximum Gasteiger partial charge on any atom is 0.0701 e. The van der Waals surface area contributed by atoms with Crippen molar-refractivity contribution in [3.8, 4) is 0 Å². The molecule has 0 saturated carbocycles. The molecule has 0 atom stereocenters. The summed E-state index contributed by atoms with van der Waals surface area (Å²) in [6.45, 7) is 11.8. The molecule has 0 spiro atoms. The van der Waals surface area contributed by atoms with Crippen LogP contribution in [0, 0.1) is 0 Å². The number of methoxy groups -OCH3 is 1. The molecule has 140 valence electrons. The lowest BCUT2D eigenvalue weighted by Crippen LogP contribution is -2.09. The molecule has 0 amide bonds. The van der Waals surface area contributed by atoms with Gasteiger partial charge in [0.25, 0.3) is 0 Å². The van der Waals surface area contributed by atoms with Crippen molar-refractivity contribution in [3.05, 3.63) is 47.5 Å². The Kier molecular flexibility index (Phi) is 6.00. The van der Waals surface area contributed by atoms with E-state index in [-0.39, 0.29) is 0 Å². The van der Waals surface area contributed by atoms with Gasteiger partial charge in [-0.05, 0) is 47.2 Å². The molecule has 0 aliphatic rings. The molecular formula is C23H31NO2. The summed E-state index contributed by atoms with van der Waals surface area (Å²) in [5, 5.41) is 2.70. The van der Waals surface area contributed by atoms with Gasteiger partial charge in [0.1, 0.15) is 0 Å². The van der Waals surface area contributed by atoms with Crippen molar-refractivity contribution < 1.29 is 9.47 Å². The van der Waals surface area contributed by atoms with E-state index in [4.69, 9.17) is 9.47 Å². The summed E-state index contributed by atoms with van der Waals surface area (Å²) in [5.41, 5.74) is 5.37. The molecule has 3 rings (SSSR count). The Labute approximate surface area is 156 Å². The van der Waals surface area contributed by atoms with Crippen molar-refractivity contribution in [1.82, 2.24) is 4.57 Å². The topological polar surface area (TPSA) is 23.4 Å². The Morgan fingerprint density at radius 1 is 0.769 bits per heavy atom. The van der Waals surface area contributed by atoms with Gasteiger partial charge in [0.05, 0.1) is 19.8 Å². The molecule has 3 aromatic rings. The third kappa shape index (κ3) is 3.79. The first kappa shape index (κ1) is 18.9. The van der Waals surface area contributed by atoms with Crippen molar-refractivity contribution in [1.29, 1.82) is 0 Å². The van der Waals surface area contributed by atoms with Gasteiger partial charge >= 0.3 is 0 Å². The number of hydrogen-bond donors (Lipinski definition) is 0. The highest BCUT2D eigenvalue weighted by Crippen LogP contribution is 2.33. The summed E-state index contributed by atoms with van der Waals surface area (Å²) in [6, 6.07) is 13.8. The predicted molar refractivity (Wildman–Crippen MR) is 110 cm³/mol. The molecule has 0 fully saturated rings. The van der Waals surface area contributed by atoms with Gasteiger partial charge in [-0.15, -0.1) is 0 Å². The van der Waals surface area contributed by atoms with Gasteiger partial charge in [-0.25, -0.2) is 0 Å². The van der Waals surface area contributed by atoms with E-state index in [2.05, 4.69) is 68.7 Å². The summed E-state index contributed by atoms with van der Waals surface area (Å²) < 4.78 is 13.2. The van der Waals surface area contributed by atoms with Gasteiger partial charge in [-0.2, -0.15) is 0 Å². The summed E-state index contributed by atoms with van der Waals surface area (Å²) in [6.07, 6.45) is 0. The fourth-order valence-electron chi connectivity index (χ4n) is 3.50. The van der Waals surface area contributed by atoms with Crippen LogP contribution in [0.1, 0.15) is 50.7 Å². The van der Waals surface area contributed by atoms with Gasteiger partial charge < -0.3 is 14.0 Å². The maximum atomic E-state index is 5.72. The van der Waals surface area contributed by atoms with E-state index >= 15 is 0 Å². The molecule has 0 aliphatic carbocycles. The molecule has 3 heteroatoms. The number of benzene rings is 2. The van der Waals surface area contributed by atoms with Gasteiger partial charge in [-0.1, -0.05) is 39.8 Å². The molecule has 0 radical (unpaired) electrons. The number of fused-ring (bicyclic) bond motifs is 3. The molecule has 2 aromatic carbocycles. The lowest BCUT2D eigenvalue weighted by molar-refractivity contribution is 0.0673. The quantitative estimate of drug-likeness (QED) is 0.485. The highest BCUT2D eigenvalue weighted by Gasteiger charge is 2.13. The summed E-state index contributed by atoms with van der Waals surface area (Å²) >= 11 is 0. The average Bonchev–Trinajstić information content (AvgIpc) is 2.94. The van der Waals surface area contributed by atoms with Crippen LogP contribution in [-0.2, 0) is 16.0 Å². The normalized spacial score (nSPS) is 12.1. The van der Waals surface area contributed by atoms with Gasteiger partial charge in [0.2, 0.25) is 0 Å². The van der Waals surface area contributed by atoms with Crippen LogP contribution in [0.25, 0.3) is 21.8 Å². The fourth-order valence-corrected chi connectivity index (χ4v) is 3.50. The van der Waals surface area contributed by atoms with E-state index in [9.17, 15) is 0 Å². The summed E-state index contributed by atoms with van der Waals surface area (Å²) in [4.78, 5) is 0. The number of nitrogens with zero attached hydrogens (tertiary/aromatic N) is 1. The van der Waals surface area contributed by atoms with Gasteiger partial charge in [0.15, 0.2) is 0 Å². The zero-order chi connectivity index (χ0) is 18.7. The first-order valence-corrected chi connectivity index (χ1v) is 9.65. The third-order valence-electron chi connectivity index (χ3n) is 5.14. The van der Waals surface area contributed by atoms with E-state index in [1.165, 1.54) is 32.9 Å². The van der Waals surface area contributed by atoms with Crippen LogP contribution < -0.4 is 0 Å². The highest BCUT2D eigenvalue weighted by atomic mass is 16.5. The fraction of sp³-hybridized carbons (Fsp3) is 0.478. The second-order valence-electron chi connectivity index (χ2n) is 7.62. The molecule has 0 aliphatic heterocycles. The second kappa shape index (κ2) is 8.24. The van der Waals surface area contributed by atoms with Crippen molar-refractivity contribution >= 4 is 21.8 Å². The SMILES string of the molecule is COCCOCCn1c2ccc(C(C)C)cc2c2cc(C(C)C)ccc21. The Morgan fingerprint density at radius 3 is 1.77 bits per heavy atom. The minimum atomic E-state index is 0.531. The molecular weight excluding hydrogens is 322 g/mol. The van der Waals surface area contributed by atoms with Crippen LogP contribution in [0.15, 0.2) is 36.4 Å². The zero-order valence-corrected chi connectivity index (χ0v) is 16.7. The molecule has 1 aromatic heterocycles. The van der Waals surface area contributed by atoms with Crippen LogP contribution in [0.5, 0.6) is 0 Å². The van der Waals surface area contributed by atoms with Crippen LogP contribution >= 0.6 is 0 Å². The lowest BCUT2D eigenvalue weighted by atomic mass is 9.98. The average molecular weight is 354 g/mol. The van der Waals surface area contributed by atoms with E-state index in [1.54, 1.807) is 7.11 Å². The molecule has 3 nitrogen and oxygen atoms in total. The minimum Gasteiger partial charge on any atom is -0.382 e. The van der Waals surface area contributed by atoms with Crippen LogP contribution in [0.3, 0.4) is 0 Å². The van der Waals surface area contributed by atoms with Crippen molar-refractivity contribution in [2.24, 2.45) is 0 Å². The summed E-state index contributed by atoms with van der Waals surface area (Å²) in [7, 11) is 1.70. The number of aromatic nitrogens is 1. The number of hydrogen-bond acceptors (Lipinski definition) is 2. The van der Waals surface area contributed by atoms with E-state index in [0.717, 1.165) is 6.54 Å². The van der Waals surface area contributed by atoms with E-state index in [0.29, 0.717) is 31.7 Å². The number of ether oxygens (including phenoxy) is 2. The number of rotatable bonds is 8. The van der Waals surface area contributed by atoms with E-state index in [1.807, 2.05) is 0 Å². The molecule has 0 unspecified atom stereocenters. The maximum absolute atomic E-state index is 5.72. The standard InChI is InChI=1S/C23H31NO2/c1-16(2)18-6-8-22-20(14-18)21-15-19(17(3)4)7-9-23(21)24(22)10-11-26-13-12-25-5/h6-9,14-17H,10-13H2,1-5H3. The van der Waals surface area contributed by atoms with E-state index < -0.39 is 0 Å². The second-order valence-corrected chi connectivity index (χ2v) is 7.62. The molecule has 26 heavy (non-hydrogen) atoms. The Bertz CT molecular complexity index is 811. The third-order valence-corrected chi connectivity index (χ3v) is 5.14. The molecule has 0 saturated heterocycles. The lowest BCUT2D eigenvalue weighted by Gasteiger charge is -2.10. The van der Waals surface area contributed by atoms with Crippen molar-refractivity contribution in [2.75, 3.05) is 26.9 Å². The van der Waals surface area contributed by atoms with Crippen LogP contribution in [-0.4, -0.2) is 31.5 Å². The van der Waals surface area contributed by atoms with Gasteiger partial charge in [0, 0.05) is 35.5 Å². The predicted octanol–water partition coefficient (Wildman–Crippen LogP) is 5.70. The van der Waals surface area contributed by atoms with Crippen molar-refractivity contribution in [3.63, 3.8) is 0 Å². The molecule has 1 heterocycles. The minimum absolute atomic E-state index is 0.531. The summed E-state index contributed by atoms with van der Waals surface area (Å²) in [5.74, 6) is 1.06. The largest absolute Gasteiger partial charge is 0.382 e. The zero-order valence-electron chi connectivity index (χ0n) is 16.7. The Morgan fingerprint density at radius 2 is 1.31 bits per heavy atom. The Hall–Kier alpha value is -1.84. The molecule has 0 N–H and O–H groups in total. The smallest absolute Gasteiger partial charge is 0.0701 e. The first-order chi connectivity index (χ1) is 12.5. The van der Waals surface area contributed by atoms with Crippen LogP contribution in [0.4, 0.5) is 0 Å². The van der Waals surface area contributed by atoms with Crippen LogP contribution in [0.2, 0.25) is 0 Å². The monoisotopic (exact) mass is 353 g/mol. The molecule has 0 bridgehead atoms. The van der Waals surface area contributed by atoms with Gasteiger partial charge in [-0.3, -0.25) is 0 Å². The first-order valence-electron chi connectivity index (χ1n) is 9.65.